The molecule has 0 saturated heterocycles. The summed E-state index contributed by atoms with van der Waals surface area (Å²) in [6, 6.07) is 0. The molecule has 0 bridgehead atoms. The van der Waals surface area contributed by atoms with Crippen LogP contribution >= 0.6 is 0 Å². The van der Waals surface area contributed by atoms with E-state index < -0.39 is 0 Å². The van der Waals surface area contributed by atoms with Crippen LogP contribution in [0.2, 0.25) is 0 Å². The molecule has 0 aliphatic rings. The van der Waals surface area contributed by atoms with Crippen LogP contribution in [0, 0.1) is 0 Å². The lowest BCUT2D eigenvalue weighted by Crippen LogP contribution is -2.08. The number of hydrogen-bond acceptors (Lipinski definition) is 3. The zero-order valence-electron chi connectivity index (χ0n) is 13.9. The van der Waals surface area contributed by atoms with Gasteiger partial charge in [-0.1, -0.05) is 39.0 Å². The molecule has 0 aliphatic heterocycles. The lowest BCUT2D eigenvalue weighted by molar-refractivity contribution is 0.117. The van der Waals surface area contributed by atoms with E-state index in [-0.39, 0.29) is 0 Å². The highest BCUT2D eigenvalue weighted by Crippen LogP contribution is 2.03. The Morgan fingerprint density at radius 2 is 1.05 bits per heavy atom. The van der Waals surface area contributed by atoms with Crippen LogP contribution in [-0.2, 0) is 9.47 Å². The van der Waals surface area contributed by atoms with Crippen molar-refractivity contribution in [3.05, 3.63) is 0 Å². The molecule has 0 fully saturated rings. The Hall–Kier alpha value is -0.120. The third kappa shape index (κ3) is 17.9. The minimum Gasteiger partial charge on any atom is -0.381 e. The van der Waals surface area contributed by atoms with Gasteiger partial charge in [0.1, 0.15) is 0 Å². The van der Waals surface area contributed by atoms with Crippen LogP contribution in [0.15, 0.2) is 0 Å². The molecule has 0 unspecified atom stereocenters. The molecule has 0 atom stereocenters. The van der Waals surface area contributed by atoms with Crippen molar-refractivity contribution in [1.29, 1.82) is 0 Å². The Morgan fingerprint density at radius 1 is 0.600 bits per heavy atom. The first-order chi connectivity index (χ1) is 9.91. The monoisotopic (exact) mass is 287 g/mol. The Bertz CT molecular complexity index is 147. The Morgan fingerprint density at radius 3 is 1.50 bits per heavy atom. The summed E-state index contributed by atoms with van der Waals surface area (Å²) in [4.78, 5) is 0. The number of hydrogen-bond donors (Lipinski definition) is 1. The number of rotatable bonds is 17. The molecule has 0 rings (SSSR count). The van der Waals surface area contributed by atoms with E-state index in [1.807, 2.05) is 7.05 Å². The van der Waals surface area contributed by atoms with E-state index in [1.54, 1.807) is 0 Å². The predicted octanol–water partition coefficient (Wildman–Crippen LogP) is 4.16. The van der Waals surface area contributed by atoms with E-state index in [1.165, 1.54) is 64.2 Å². The van der Waals surface area contributed by atoms with Crippen molar-refractivity contribution >= 4 is 0 Å². The molecule has 0 aliphatic carbocycles. The van der Waals surface area contributed by atoms with Gasteiger partial charge < -0.3 is 14.8 Å². The molecule has 0 aromatic rings. The van der Waals surface area contributed by atoms with Crippen molar-refractivity contribution in [2.45, 2.75) is 71.1 Å². The van der Waals surface area contributed by atoms with Gasteiger partial charge in [0.05, 0.1) is 0 Å². The van der Waals surface area contributed by atoms with Gasteiger partial charge in [0, 0.05) is 26.4 Å². The number of unbranched alkanes of at least 4 members (excludes halogenated alkanes) is 7. The average molecular weight is 287 g/mol. The zero-order valence-corrected chi connectivity index (χ0v) is 13.9. The normalized spacial score (nSPS) is 11.1. The van der Waals surface area contributed by atoms with Gasteiger partial charge in [-0.05, 0) is 45.7 Å². The molecule has 0 radical (unpaired) electrons. The average Bonchev–Trinajstić information content (AvgIpc) is 2.47. The topological polar surface area (TPSA) is 30.5 Å². The molecule has 0 saturated carbocycles. The maximum absolute atomic E-state index is 5.63. The molecule has 1 N–H and O–H groups in total. The SMILES string of the molecule is CCCCCCOCCCCCCOCCCCNC. The highest BCUT2D eigenvalue weighted by atomic mass is 16.5. The number of ether oxygens (including phenoxy) is 2. The van der Waals surface area contributed by atoms with Gasteiger partial charge in [-0.3, -0.25) is 0 Å². The van der Waals surface area contributed by atoms with E-state index in [0.29, 0.717) is 0 Å². The summed E-state index contributed by atoms with van der Waals surface area (Å²) in [5, 5.41) is 3.15. The van der Waals surface area contributed by atoms with Crippen LogP contribution < -0.4 is 5.32 Å². The van der Waals surface area contributed by atoms with Gasteiger partial charge in [0.15, 0.2) is 0 Å². The van der Waals surface area contributed by atoms with Crippen molar-refractivity contribution in [1.82, 2.24) is 5.32 Å². The molecule has 0 spiro atoms. The Labute approximate surface area is 126 Å². The summed E-state index contributed by atoms with van der Waals surface area (Å²) in [5.41, 5.74) is 0. The minimum absolute atomic E-state index is 0.919. The van der Waals surface area contributed by atoms with Crippen LogP contribution in [-0.4, -0.2) is 40.0 Å². The highest BCUT2D eigenvalue weighted by molar-refractivity contribution is 4.45. The summed E-state index contributed by atoms with van der Waals surface area (Å²) in [6.45, 7) is 7.08. The zero-order chi connectivity index (χ0) is 14.7. The first-order valence-electron chi connectivity index (χ1n) is 8.72. The van der Waals surface area contributed by atoms with Crippen molar-refractivity contribution in [3.63, 3.8) is 0 Å². The molecule has 3 heteroatoms. The summed E-state index contributed by atoms with van der Waals surface area (Å²) in [5.74, 6) is 0. The molecule has 20 heavy (non-hydrogen) atoms. The van der Waals surface area contributed by atoms with Gasteiger partial charge >= 0.3 is 0 Å². The van der Waals surface area contributed by atoms with Crippen LogP contribution in [0.1, 0.15) is 71.1 Å². The van der Waals surface area contributed by atoms with Gasteiger partial charge in [-0.2, -0.15) is 0 Å². The van der Waals surface area contributed by atoms with E-state index in [4.69, 9.17) is 9.47 Å². The molecule has 0 aromatic carbocycles. The summed E-state index contributed by atoms with van der Waals surface area (Å²) in [7, 11) is 2.00. The highest BCUT2D eigenvalue weighted by Gasteiger charge is 1.93. The van der Waals surface area contributed by atoms with Crippen molar-refractivity contribution in [2.75, 3.05) is 40.0 Å². The molecule has 0 heterocycles. The summed E-state index contributed by atoms with van der Waals surface area (Å²) >= 11 is 0. The first-order valence-corrected chi connectivity index (χ1v) is 8.72. The quantitative estimate of drug-likeness (QED) is 0.407. The second kappa shape index (κ2) is 18.9. The third-order valence-electron chi connectivity index (χ3n) is 3.44. The maximum Gasteiger partial charge on any atom is 0.0466 e. The third-order valence-corrected chi connectivity index (χ3v) is 3.44. The molecular weight excluding hydrogens is 250 g/mol. The maximum atomic E-state index is 5.63. The van der Waals surface area contributed by atoms with Crippen LogP contribution in [0.3, 0.4) is 0 Å². The summed E-state index contributed by atoms with van der Waals surface area (Å²) < 4.78 is 11.2. The second-order valence-corrected chi connectivity index (χ2v) is 5.51. The lowest BCUT2D eigenvalue weighted by atomic mass is 10.2. The fourth-order valence-corrected chi connectivity index (χ4v) is 2.10. The molecule has 122 valence electrons. The van der Waals surface area contributed by atoms with Crippen molar-refractivity contribution < 1.29 is 9.47 Å². The van der Waals surface area contributed by atoms with E-state index >= 15 is 0 Å². The first kappa shape index (κ1) is 19.9. The summed E-state index contributed by atoms with van der Waals surface area (Å²) in [6.07, 6.45) is 12.5. The molecule has 0 amide bonds. The molecule has 0 aromatic heterocycles. The lowest BCUT2D eigenvalue weighted by Gasteiger charge is -2.05. The van der Waals surface area contributed by atoms with E-state index in [9.17, 15) is 0 Å². The van der Waals surface area contributed by atoms with Crippen LogP contribution in [0.25, 0.3) is 0 Å². The van der Waals surface area contributed by atoms with Crippen LogP contribution in [0.5, 0.6) is 0 Å². The Balaban J connectivity index is 2.89. The van der Waals surface area contributed by atoms with Gasteiger partial charge in [-0.15, -0.1) is 0 Å². The molecule has 3 nitrogen and oxygen atoms in total. The van der Waals surface area contributed by atoms with Crippen molar-refractivity contribution in [3.8, 4) is 0 Å². The second-order valence-electron chi connectivity index (χ2n) is 5.51. The van der Waals surface area contributed by atoms with Gasteiger partial charge in [0.2, 0.25) is 0 Å². The van der Waals surface area contributed by atoms with Gasteiger partial charge in [-0.25, -0.2) is 0 Å². The largest absolute Gasteiger partial charge is 0.381 e. The van der Waals surface area contributed by atoms with E-state index in [2.05, 4.69) is 12.2 Å². The minimum atomic E-state index is 0.919. The predicted molar refractivity (Wildman–Crippen MR) is 87.4 cm³/mol. The molecular formula is C17H37NO2. The fourth-order valence-electron chi connectivity index (χ4n) is 2.10. The number of nitrogens with one attached hydrogen (secondary N) is 1. The van der Waals surface area contributed by atoms with Gasteiger partial charge in [0.25, 0.3) is 0 Å². The van der Waals surface area contributed by atoms with Crippen LogP contribution in [0.4, 0.5) is 0 Å². The Kier molecular flexibility index (Phi) is 18.8. The van der Waals surface area contributed by atoms with E-state index in [0.717, 1.165) is 33.0 Å². The fraction of sp³-hybridized carbons (Fsp3) is 1.00. The smallest absolute Gasteiger partial charge is 0.0466 e. The van der Waals surface area contributed by atoms with Crippen molar-refractivity contribution in [2.24, 2.45) is 0 Å². The standard InChI is InChI=1S/C17H37NO2/c1-3-4-5-9-14-19-15-10-6-7-11-16-20-17-12-8-13-18-2/h18H,3-17H2,1-2H3.